The molecule has 2 aromatic carbocycles. The molecule has 198 valence electrons. The van der Waals surface area contributed by atoms with Gasteiger partial charge >= 0.3 is 0 Å². The molecular formula is C30H34FN5O2. The number of methoxy groups -OCH3 is 1. The Morgan fingerprint density at radius 2 is 1.71 bits per heavy atom. The lowest BCUT2D eigenvalue weighted by molar-refractivity contribution is 0.148. The molecule has 4 aromatic rings. The van der Waals surface area contributed by atoms with E-state index >= 15 is 4.39 Å². The Balaban J connectivity index is 1.34. The molecule has 2 aromatic heterocycles. The van der Waals surface area contributed by atoms with Crippen LogP contribution >= 0.6 is 0 Å². The van der Waals surface area contributed by atoms with E-state index in [0.29, 0.717) is 23.7 Å². The van der Waals surface area contributed by atoms with Gasteiger partial charge in [0.05, 0.1) is 13.7 Å². The van der Waals surface area contributed by atoms with E-state index in [9.17, 15) is 0 Å². The molecule has 5 rings (SSSR count). The minimum absolute atomic E-state index is 0.161. The van der Waals surface area contributed by atoms with E-state index in [0.717, 1.165) is 60.4 Å². The molecule has 3 heterocycles. The van der Waals surface area contributed by atoms with Gasteiger partial charge in [-0.25, -0.2) is 14.4 Å². The molecule has 0 spiro atoms. The second kappa shape index (κ2) is 11.3. The van der Waals surface area contributed by atoms with Gasteiger partial charge < -0.3 is 19.7 Å². The van der Waals surface area contributed by atoms with Crippen molar-refractivity contribution in [1.29, 1.82) is 0 Å². The number of hydrogen-bond donors (Lipinski definition) is 1. The standard InChI is InChI=1S/C30H34FN5O2/c1-5-38-25-16-26(37-4)30(31)29(20(25)2)23-8-7-22-15-28(33-18-24(22)14-23)34-27-9-6-21(17-32-27)19-36-12-10-35(3)11-13-36/h6-9,14-18H,5,10-13,19H2,1-4H3,(H,32,33,34). The zero-order valence-electron chi connectivity index (χ0n) is 22.4. The Morgan fingerprint density at radius 1 is 0.921 bits per heavy atom. The van der Waals surface area contributed by atoms with Gasteiger partial charge in [0, 0.05) is 67.7 Å². The van der Waals surface area contributed by atoms with Crippen LogP contribution in [0.25, 0.3) is 21.9 Å². The summed E-state index contributed by atoms with van der Waals surface area (Å²) in [5.41, 5.74) is 3.15. The average molecular weight is 516 g/mol. The zero-order valence-corrected chi connectivity index (χ0v) is 22.4. The first-order valence-electron chi connectivity index (χ1n) is 13.0. The van der Waals surface area contributed by atoms with E-state index in [-0.39, 0.29) is 5.75 Å². The normalized spacial score (nSPS) is 14.6. The van der Waals surface area contributed by atoms with Gasteiger partial charge in [-0.1, -0.05) is 18.2 Å². The molecule has 0 aliphatic carbocycles. The minimum Gasteiger partial charge on any atom is -0.494 e. The number of halogens is 1. The second-order valence-corrected chi connectivity index (χ2v) is 9.71. The van der Waals surface area contributed by atoms with Crippen molar-refractivity contribution < 1.29 is 13.9 Å². The van der Waals surface area contributed by atoms with Crippen LogP contribution < -0.4 is 14.8 Å². The zero-order chi connectivity index (χ0) is 26.6. The van der Waals surface area contributed by atoms with Crippen molar-refractivity contribution in [2.75, 3.05) is 52.3 Å². The molecule has 0 amide bonds. The van der Waals surface area contributed by atoms with Gasteiger partial charge in [-0.05, 0) is 55.6 Å². The SMILES string of the molecule is CCOc1cc(OC)c(F)c(-c2ccc3cc(Nc4ccc(CN5CCN(C)CC5)cn4)ncc3c2)c1C. The Labute approximate surface area is 223 Å². The van der Waals surface area contributed by atoms with Crippen LogP contribution in [0.5, 0.6) is 11.5 Å². The number of nitrogens with zero attached hydrogens (tertiary/aromatic N) is 4. The Kier molecular flexibility index (Phi) is 7.72. The largest absolute Gasteiger partial charge is 0.494 e. The topological polar surface area (TPSA) is 62.8 Å². The highest BCUT2D eigenvalue weighted by Gasteiger charge is 2.19. The van der Waals surface area contributed by atoms with Crippen molar-refractivity contribution >= 4 is 22.4 Å². The molecule has 1 aliphatic heterocycles. The summed E-state index contributed by atoms with van der Waals surface area (Å²) in [6.45, 7) is 9.53. The molecule has 1 saturated heterocycles. The van der Waals surface area contributed by atoms with Gasteiger partial charge in [-0.2, -0.15) is 0 Å². The van der Waals surface area contributed by atoms with Gasteiger partial charge in [0.2, 0.25) is 0 Å². The third kappa shape index (κ3) is 5.56. The maximum Gasteiger partial charge on any atom is 0.173 e. The summed E-state index contributed by atoms with van der Waals surface area (Å²) in [6.07, 6.45) is 3.72. The third-order valence-electron chi connectivity index (χ3n) is 7.06. The van der Waals surface area contributed by atoms with Crippen LogP contribution in [-0.4, -0.2) is 66.7 Å². The summed E-state index contributed by atoms with van der Waals surface area (Å²) in [6, 6.07) is 13.5. The number of hydrogen-bond acceptors (Lipinski definition) is 7. The van der Waals surface area contributed by atoms with Crippen LogP contribution in [0.15, 0.2) is 54.9 Å². The Morgan fingerprint density at radius 3 is 2.42 bits per heavy atom. The lowest BCUT2D eigenvalue weighted by Gasteiger charge is -2.32. The van der Waals surface area contributed by atoms with Crippen LogP contribution in [0, 0.1) is 12.7 Å². The molecule has 1 fully saturated rings. The van der Waals surface area contributed by atoms with Crippen molar-refractivity contribution in [1.82, 2.24) is 19.8 Å². The Hall–Kier alpha value is -3.75. The highest BCUT2D eigenvalue weighted by molar-refractivity contribution is 5.89. The number of likely N-dealkylation sites (N-methyl/N-ethyl adjacent to an activating group) is 1. The average Bonchev–Trinajstić information content (AvgIpc) is 2.93. The van der Waals surface area contributed by atoms with Crippen molar-refractivity contribution in [3.05, 3.63) is 71.8 Å². The number of nitrogens with one attached hydrogen (secondary N) is 1. The quantitative estimate of drug-likeness (QED) is 0.326. The van der Waals surface area contributed by atoms with Crippen LogP contribution in [-0.2, 0) is 6.54 Å². The maximum atomic E-state index is 15.3. The monoisotopic (exact) mass is 515 g/mol. The summed E-state index contributed by atoms with van der Waals surface area (Å²) in [4.78, 5) is 14.0. The molecule has 0 radical (unpaired) electrons. The predicted molar refractivity (Wildman–Crippen MR) is 150 cm³/mol. The molecule has 0 saturated carbocycles. The third-order valence-corrected chi connectivity index (χ3v) is 7.06. The van der Waals surface area contributed by atoms with Crippen molar-refractivity contribution in [2.24, 2.45) is 0 Å². The number of pyridine rings is 2. The van der Waals surface area contributed by atoms with Gasteiger partial charge in [-0.3, -0.25) is 4.90 Å². The molecule has 1 aliphatic rings. The highest BCUT2D eigenvalue weighted by atomic mass is 19.1. The lowest BCUT2D eigenvalue weighted by atomic mass is 9.96. The molecule has 0 bridgehead atoms. The molecular weight excluding hydrogens is 481 g/mol. The number of piperazine rings is 1. The molecule has 1 N–H and O–H groups in total. The van der Waals surface area contributed by atoms with E-state index in [2.05, 4.69) is 38.2 Å². The summed E-state index contributed by atoms with van der Waals surface area (Å²) in [5.74, 6) is 1.82. The first-order valence-corrected chi connectivity index (χ1v) is 13.0. The summed E-state index contributed by atoms with van der Waals surface area (Å²) >= 11 is 0. The Bertz CT molecular complexity index is 1420. The minimum atomic E-state index is -0.402. The van der Waals surface area contributed by atoms with E-state index in [1.54, 1.807) is 12.3 Å². The fraction of sp³-hybridized carbons (Fsp3) is 0.333. The molecule has 0 atom stereocenters. The smallest absolute Gasteiger partial charge is 0.173 e. The van der Waals surface area contributed by atoms with Gasteiger partial charge in [0.25, 0.3) is 0 Å². The fourth-order valence-corrected chi connectivity index (χ4v) is 4.85. The number of aromatic nitrogens is 2. The van der Waals surface area contributed by atoms with Crippen LogP contribution in [0.3, 0.4) is 0 Å². The molecule has 38 heavy (non-hydrogen) atoms. The van der Waals surface area contributed by atoms with E-state index in [4.69, 9.17) is 9.47 Å². The van der Waals surface area contributed by atoms with E-state index in [1.807, 2.05) is 50.4 Å². The number of benzene rings is 2. The second-order valence-electron chi connectivity index (χ2n) is 9.71. The van der Waals surface area contributed by atoms with Crippen molar-refractivity contribution in [3.63, 3.8) is 0 Å². The fourth-order valence-electron chi connectivity index (χ4n) is 4.85. The van der Waals surface area contributed by atoms with Crippen LogP contribution in [0.4, 0.5) is 16.0 Å². The number of ether oxygens (including phenoxy) is 2. The molecule has 7 nitrogen and oxygen atoms in total. The summed E-state index contributed by atoms with van der Waals surface area (Å²) in [7, 11) is 3.63. The predicted octanol–water partition coefficient (Wildman–Crippen LogP) is 5.64. The number of anilines is 2. The maximum absolute atomic E-state index is 15.3. The highest BCUT2D eigenvalue weighted by Crippen LogP contribution is 2.39. The number of fused-ring (bicyclic) bond motifs is 1. The van der Waals surface area contributed by atoms with Gasteiger partial charge in [0.1, 0.15) is 17.4 Å². The lowest BCUT2D eigenvalue weighted by Crippen LogP contribution is -2.43. The summed E-state index contributed by atoms with van der Waals surface area (Å²) < 4.78 is 26.3. The van der Waals surface area contributed by atoms with Crippen molar-refractivity contribution in [2.45, 2.75) is 20.4 Å². The first kappa shape index (κ1) is 25.9. The van der Waals surface area contributed by atoms with Crippen LogP contribution in [0.2, 0.25) is 0 Å². The van der Waals surface area contributed by atoms with E-state index in [1.165, 1.54) is 12.7 Å². The molecule has 8 heteroatoms. The summed E-state index contributed by atoms with van der Waals surface area (Å²) in [5, 5.41) is 5.19. The number of rotatable bonds is 8. The van der Waals surface area contributed by atoms with Crippen LogP contribution in [0.1, 0.15) is 18.1 Å². The van der Waals surface area contributed by atoms with Gasteiger partial charge in [0.15, 0.2) is 11.6 Å². The first-order chi connectivity index (χ1) is 18.4. The van der Waals surface area contributed by atoms with E-state index < -0.39 is 5.82 Å². The van der Waals surface area contributed by atoms with Crippen molar-refractivity contribution in [3.8, 4) is 22.6 Å². The van der Waals surface area contributed by atoms with Gasteiger partial charge in [-0.15, -0.1) is 0 Å². The molecule has 0 unspecified atom stereocenters.